The molecule has 0 spiro atoms. The van der Waals surface area contributed by atoms with Crippen molar-refractivity contribution in [3.05, 3.63) is 0 Å². The number of nitrogens with zero attached hydrogens (tertiary/aromatic N) is 2. The maximum absolute atomic E-state index is 2.57. The molecule has 0 aliphatic rings. The molecule has 0 rings (SSSR count). The molecule has 0 bridgehead atoms. The van der Waals surface area contributed by atoms with Crippen LogP contribution in [0.2, 0.25) is 0 Å². The molecule has 0 aliphatic carbocycles. The predicted octanol–water partition coefficient (Wildman–Crippen LogP) is 10.5. The topological polar surface area (TPSA) is 0 Å². The van der Waals surface area contributed by atoms with Crippen molar-refractivity contribution in [2.24, 2.45) is 0 Å². The van der Waals surface area contributed by atoms with Crippen LogP contribution in [0.3, 0.4) is 0 Å². The summed E-state index contributed by atoms with van der Waals surface area (Å²) >= 11 is 0. The van der Waals surface area contributed by atoms with E-state index in [0.717, 1.165) is 0 Å². The van der Waals surface area contributed by atoms with Crippen LogP contribution in [-0.2, 0) is 0 Å². The first-order valence-corrected chi connectivity index (χ1v) is 17.1. The Labute approximate surface area is 231 Å². The average molecular weight is 511 g/mol. The van der Waals surface area contributed by atoms with Crippen LogP contribution in [0.25, 0.3) is 0 Å². The van der Waals surface area contributed by atoms with Crippen molar-refractivity contribution in [1.29, 1.82) is 0 Å². The molecule has 0 radical (unpaired) electrons. The second-order valence-corrected chi connectivity index (χ2v) is 12.9. The fourth-order valence-corrected chi connectivity index (χ4v) is 6.05. The molecule has 218 valence electrons. The molecule has 0 aromatic heterocycles. The third kappa shape index (κ3) is 22.0. The summed E-state index contributed by atoms with van der Waals surface area (Å²) in [6.07, 6.45) is 31.3. The van der Waals surface area contributed by atoms with Gasteiger partial charge in [-0.05, 0) is 77.0 Å². The standard InChI is InChI=1S/C34H74N2/c1-7-11-15-23-29-35(5,30-24-16-12-8-2)33-27-21-19-20-22-28-34-36(6,31-25-17-13-9-3)32-26-18-14-10-4/h7-34H2,1-6H3/q+2. The van der Waals surface area contributed by atoms with Crippen molar-refractivity contribution in [2.75, 3.05) is 53.4 Å². The van der Waals surface area contributed by atoms with Crippen LogP contribution in [0, 0.1) is 0 Å². The van der Waals surface area contributed by atoms with Crippen molar-refractivity contribution in [3.63, 3.8) is 0 Å². The minimum Gasteiger partial charge on any atom is -0.326 e. The fourth-order valence-electron chi connectivity index (χ4n) is 6.05. The molecule has 36 heavy (non-hydrogen) atoms. The summed E-state index contributed by atoms with van der Waals surface area (Å²) in [5.41, 5.74) is 0. The van der Waals surface area contributed by atoms with E-state index < -0.39 is 0 Å². The highest BCUT2D eigenvalue weighted by Gasteiger charge is 2.21. The highest BCUT2D eigenvalue weighted by atomic mass is 15.3. The van der Waals surface area contributed by atoms with E-state index in [0.29, 0.717) is 0 Å². The van der Waals surface area contributed by atoms with Gasteiger partial charge in [0, 0.05) is 0 Å². The Balaban J connectivity index is 4.22. The van der Waals surface area contributed by atoms with Crippen LogP contribution in [0.4, 0.5) is 0 Å². The van der Waals surface area contributed by atoms with Gasteiger partial charge in [-0.2, -0.15) is 0 Å². The van der Waals surface area contributed by atoms with Gasteiger partial charge >= 0.3 is 0 Å². The van der Waals surface area contributed by atoms with Gasteiger partial charge in [-0.1, -0.05) is 91.9 Å². The Morgan fingerprint density at radius 3 is 0.611 bits per heavy atom. The summed E-state index contributed by atoms with van der Waals surface area (Å²) in [5.74, 6) is 0. The molecular formula is C34H74N2+2. The average Bonchev–Trinajstić information content (AvgIpc) is 2.87. The second kappa shape index (κ2) is 25.2. The van der Waals surface area contributed by atoms with Gasteiger partial charge in [0.15, 0.2) is 0 Å². The Bertz CT molecular complexity index is 369. The van der Waals surface area contributed by atoms with Crippen LogP contribution in [0.15, 0.2) is 0 Å². The van der Waals surface area contributed by atoms with E-state index in [4.69, 9.17) is 0 Å². The number of unbranched alkanes of at least 4 members (excludes halogenated alkanes) is 17. The fraction of sp³-hybridized carbons (Fsp3) is 1.00. The molecule has 0 saturated carbocycles. The summed E-state index contributed by atoms with van der Waals surface area (Å²) in [6.45, 7) is 17.8. The van der Waals surface area contributed by atoms with E-state index in [1.165, 1.54) is 189 Å². The molecule has 0 saturated heterocycles. The number of hydrogen-bond donors (Lipinski definition) is 0. The Kier molecular flexibility index (Phi) is 25.2. The van der Waals surface area contributed by atoms with Gasteiger partial charge in [0.05, 0.1) is 53.4 Å². The molecule has 0 N–H and O–H groups in total. The van der Waals surface area contributed by atoms with Gasteiger partial charge in [-0.15, -0.1) is 0 Å². The monoisotopic (exact) mass is 511 g/mol. The van der Waals surface area contributed by atoms with Crippen molar-refractivity contribution < 1.29 is 8.97 Å². The largest absolute Gasteiger partial charge is 0.326 e. The lowest BCUT2D eigenvalue weighted by Crippen LogP contribution is -2.46. The van der Waals surface area contributed by atoms with E-state index in [9.17, 15) is 0 Å². The lowest BCUT2D eigenvalue weighted by atomic mass is 10.1. The molecule has 0 unspecified atom stereocenters. The predicted molar refractivity (Wildman–Crippen MR) is 166 cm³/mol. The van der Waals surface area contributed by atoms with Crippen molar-refractivity contribution in [1.82, 2.24) is 0 Å². The summed E-state index contributed by atoms with van der Waals surface area (Å²) < 4.78 is 2.69. The molecule has 0 aromatic carbocycles. The van der Waals surface area contributed by atoms with E-state index >= 15 is 0 Å². The van der Waals surface area contributed by atoms with Crippen LogP contribution in [-0.4, -0.2) is 62.3 Å². The van der Waals surface area contributed by atoms with E-state index in [-0.39, 0.29) is 0 Å². The van der Waals surface area contributed by atoms with Gasteiger partial charge < -0.3 is 8.97 Å². The maximum Gasteiger partial charge on any atom is 0.0784 e. The van der Waals surface area contributed by atoms with Crippen LogP contribution in [0.5, 0.6) is 0 Å². The summed E-state index contributed by atoms with van der Waals surface area (Å²) in [6, 6.07) is 0. The first kappa shape index (κ1) is 35.9. The third-order valence-corrected chi connectivity index (χ3v) is 8.85. The van der Waals surface area contributed by atoms with E-state index in [2.05, 4.69) is 41.8 Å². The number of quaternary nitrogens is 2. The van der Waals surface area contributed by atoms with Gasteiger partial charge in [0.2, 0.25) is 0 Å². The molecule has 2 heteroatoms. The summed E-state index contributed by atoms with van der Waals surface area (Å²) in [5, 5.41) is 0. The second-order valence-electron chi connectivity index (χ2n) is 12.9. The van der Waals surface area contributed by atoms with Gasteiger partial charge in [-0.3, -0.25) is 0 Å². The number of hydrogen-bond acceptors (Lipinski definition) is 0. The first-order chi connectivity index (χ1) is 17.4. The molecule has 0 aromatic rings. The van der Waals surface area contributed by atoms with Crippen molar-refractivity contribution >= 4 is 0 Å². The summed E-state index contributed by atoms with van der Waals surface area (Å²) in [7, 11) is 5.13. The molecule has 0 aliphatic heterocycles. The van der Waals surface area contributed by atoms with Crippen LogP contribution in [0.1, 0.15) is 169 Å². The van der Waals surface area contributed by atoms with Crippen molar-refractivity contribution in [2.45, 2.75) is 169 Å². The molecule has 0 amide bonds. The molecule has 0 heterocycles. The Hall–Kier alpha value is -0.0800. The SMILES string of the molecule is CCCCCC[N+](C)(CCCCCC)CCCCCCCC[N+](C)(CCCCCC)CCCCCC. The summed E-state index contributed by atoms with van der Waals surface area (Å²) in [4.78, 5) is 0. The van der Waals surface area contributed by atoms with Crippen LogP contribution < -0.4 is 0 Å². The smallest absolute Gasteiger partial charge is 0.0784 e. The minimum atomic E-state index is 1.35. The minimum absolute atomic E-state index is 1.35. The van der Waals surface area contributed by atoms with Crippen molar-refractivity contribution in [3.8, 4) is 0 Å². The molecular weight excluding hydrogens is 436 g/mol. The lowest BCUT2D eigenvalue weighted by molar-refractivity contribution is -0.910. The first-order valence-electron chi connectivity index (χ1n) is 17.1. The maximum atomic E-state index is 2.57. The quantitative estimate of drug-likeness (QED) is 0.0693. The third-order valence-electron chi connectivity index (χ3n) is 8.85. The van der Waals surface area contributed by atoms with Gasteiger partial charge in [0.1, 0.15) is 0 Å². The Morgan fingerprint density at radius 2 is 0.417 bits per heavy atom. The lowest BCUT2D eigenvalue weighted by Gasteiger charge is -2.35. The highest BCUT2D eigenvalue weighted by molar-refractivity contribution is 4.52. The molecule has 2 nitrogen and oxygen atoms in total. The Morgan fingerprint density at radius 1 is 0.250 bits per heavy atom. The zero-order valence-electron chi connectivity index (χ0n) is 26.7. The zero-order valence-corrected chi connectivity index (χ0v) is 26.7. The normalized spacial score (nSPS) is 12.5. The zero-order chi connectivity index (χ0) is 26.8. The van der Waals surface area contributed by atoms with E-state index in [1.54, 1.807) is 0 Å². The van der Waals surface area contributed by atoms with Gasteiger partial charge in [-0.25, -0.2) is 0 Å². The highest BCUT2D eigenvalue weighted by Crippen LogP contribution is 2.17. The molecule has 0 atom stereocenters. The van der Waals surface area contributed by atoms with Gasteiger partial charge in [0.25, 0.3) is 0 Å². The van der Waals surface area contributed by atoms with E-state index in [1.807, 2.05) is 0 Å². The number of rotatable bonds is 29. The molecule has 0 fully saturated rings. The van der Waals surface area contributed by atoms with Crippen LogP contribution >= 0.6 is 0 Å².